The van der Waals surface area contributed by atoms with Crippen molar-refractivity contribution < 1.29 is 4.79 Å². The van der Waals surface area contributed by atoms with Crippen LogP contribution in [0.15, 0.2) is 42.5 Å². The van der Waals surface area contributed by atoms with Crippen molar-refractivity contribution in [3.63, 3.8) is 0 Å². The highest BCUT2D eigenvalue weighted by Crippen LogP contribution is 2.23. The van der Waals surface area contributed by atoms with Crippen LogP contribution in [-0.2, 0) is 6.54 Å². The highest BCUT2D eigenvalue weighted by molar-refractivity contribution is 6.33. The van der Waals surface area contributed by atoms with E-state index in [1.165, 1.54) is 0 Å². The Labute approximate surface area is 121 Å². The second-order valence-corrected chi connectivity index (χ2v) is 4.82. The molecule has 0 unspecified atom stereocenters. The van der Waals surface area contributed by atoms with Gasteiger partial charge in [-0.25, -0.2) is 0 Å². The summed E-state index contributed by atoms with van der Waals surface area (Å²) in [6.07, 6.45) is 0. The molecule has 5 heteroatoms. The van der Waals surface area contributed by atoms with Crippen molar-refractivity contribution >= 4 is 34.8 Å². The predicted octanol–water partition coefficient (Wildman–Crippen LogP) is 3.70. The molecule has 0 radical (unpaired) electrons. The van der Waals surface area contributed by atoms with Gasteiger partial charge in [0.1, 0.15) is 0 Å². The van der Waals surface area contributed by atoms with E-state index in [4.69, 9.17) is 28.9 Å². The molecule has 0 spiro atoms. The number of primary amides is 1. The van der Waals surface area contributed by atoms with Crippen molar-refractivity contribution in [3.05, 3.63) is 63.6 Å². The number of benzene rings is 2. The van der Waals surface area contributed by atoms with Crippen LogP contribution in [0.2, 0.25) is 10.0 Å². The highest BCUT2D eigenvalue weighted by atomic mass is 35.5. The minimum Gasteiger partial charge on any atom is -0.380 e. The van der Waals surface area contributed by atoms with Gasteiger partial charge in [0.25, 0.3) is 0 Å². The number of nitrogens with one attached hydrogen (secondary N) is 1. The van der Waals surface area contributed by atoms with Crippen molar-refractivity contribution in [1.82, 2.24) is 0 Å². The minimum absolute atomic E-state index is 0.395. The molecule has 98 valence electrons. The summed E-state index contributed by atoms with van der Waals surface area (Å²) in [5.41, 5.74) is 7.28. The Morgan fingerprint density at radius 1 is 1.11 bits per heavy atom. The van der Waals surface area contributed by atoms with Crippen molar-refractivity contribution in [3.8, 4) is 0 Å². The van der Waals surface area contributed by atoms with E-state index in [0.717, 1.165) is 11.3 Å². The topological polar surface area (TPSA) is 55.1 Å². The Balaban J connectivity index is 2.12. The van der Waals surface area contributed by atoms with Crippen LogP contribution in [0, 0.1) is 0 Å². The van der Waals surface area contributed by atoms with Crippen molar-refractivity contribution in [2.75, 3.05) is 5.32 Å². The van der Waals surface area contributed by atoms with Gasteiger partial charge in [-0.15, -0.1) is 0 Å². The van der Waals surface area contributed by atoms with Crippen LogP contribution in [0.4, 0.5) is 5.69 Å². The van der Waals surface area contributed by atoms with Gasteiger partial charge < -0.3 is 11.1 Å². The molecule has 0 aliphatic carbocycles. The van der Waals surface area contributed by atoms with Crippen molar-refractivity contribution in [2.45, 2.75) is 6.54 Å². The number of hydrogen-bond acceptors (Lipinski definition) is 2. The first-order chi connectivity index (χ1) is 9.08. The summed E-state index contributed by atoms with van der Waals surface area (Å²) >= 11 is 12.1. The molecule has 0 aromatic heterocycles. The van der Waals surface area contributed by atoms with Crippen LogP contribution < -0.4 is 11.1 Å². The molecule has 2 aromatic rings. The Morgan fingerprint density at radius 2 is 1.84 bits per heavy atom. The van der Waals surface area contributed by atoms with Gasteiger partial charge in [0.05, 0.1) is 10.7 Å². The summed E-state index contributed by atoms with van der Waals surface area (Å²) in [7, 11) is 0. The summed E-state index contributed by atoms with van der Waals surface area (Å²) in [4.78, 5) is 11.0. The number of anilines is 1. The van der Waals surface area contributed by atoms with Gasteiger partial charge in [-0.2, -0.15) is 0 Å². The lowest BCUT2D eigenvalue weighted by Gasteiger charge is -2.10. The minimum atomic E-state index is -0.493. The third-order valence-electron chi connectivity index (χ3n) is 2.68. The van der Waals surface area contributed by atoms with E-state index >= 15 is 0 Å². The molecule has 2 aromatic carbocycles. The molecule has 2 rings (SSSR count). The summed E-state index contributed by atoms with van der Waals surface area (Å²) in [5.74, 6) is -0.493. The lowest BCUT2D eigenvalue weighted by Crippen LogP contribution is -2.11. The summed E-state index contributed by atoms with van der Waals surface area (Å²) in [6, 6.07) is 12.4. The summed E-state index contributed by atoms with van der Waals surface area (Å²) < 4.78 is 0. The zero-order chi connectivity index (χ0) is 13.8. The van der Waals surface area contributed by atoms with Crippen molar-refractivity contribution in [1.29, 1.82) is 0 Å². The first kappa shape index (κ1) is 13.7. The van der Waals surface area contributed by atoms with Crippen LogP contribution >= 0.6 is 23.2 Å². The van der Waals surface area contributed by atoms with Crippen LogP contribution in [0.25, 0.3) is 0 Å². The molecule has 0 aliphatic rings. The maximum absolute atomic E-state index is 11.0. The van der Waals surface area contributed by atoms with Gasteiger partial charge in [-0.3, -0.25) is 4.79 Å². The van der Waals surface area contributed by atoms with Gasteiger partial charge in [0, 0.05) is 17.1 Å². The molecule has 3 N–H and O–H groups in total. The zero-order valence-electron chi connectivity index (χ0n) is 9.99. The van der Waals surface area contributed by atoms with E-state index in [1.54, 1.807) is 18.2 Å². The molecule has 0 atom stereocenters. The molecule has 1 amide bonds. The van der Waals surface area contributed by atoms with Crippen LogP contribution in [0.5, 0.6) is 0 Å². The molecular weight excluding hydrogens is 283 g/mol. The molecule has 3 nitrogen and oxygen atoms in total. The Bertz CT molecular complexity index is 614. The zero-order valence-corrected chi connectivity index (χ0v) is 11.5. The van der Waals surface area contributed by atoms with Gasteiger partial charge in [-0.05, 0) is 29.8 Å². The fourth-order valence-corrected chi connectivity index (χ4v) is 2.09. The number of para-hydroxylation sites is 1. The van der Waals surface area contributed by atoms with Crippen molar-refractivity contribution in [2.24, 2.45) is 5.73 Å². The average molecular weight is 295 g/mol. The Hall–Kier alpha value is -1.71. The van der Waals surface area contributed by atoms with E-state index in [2.05, 4.69) is 5.32 Å². The molecule has 0 aliphatic heterocycles. The SMILES string of the molecule is NC(=O)c1ccc(CNc2ccccc2Cl)c(Cl)c1. The van der Waals surface area contributed by atoms with Crippen LogP contribution in [-0.4, -0.2) is 5.91 Å². The molecular formula is C14H12Cl2N2O. The molecule has 0 saturated heterocycles. The van der Waals surface area contributed by atoms with Gasteiger partial charge in [0.2, 0.25) is 5.91 Å². The van der Waals surface area contributed by atoms with E-state index in [0.29, 0.717) is 22.2 Å². The van der Waals surface area contributed by atoms with Crippen LogP contribution in [0.3, 0.4) is 0 Å². The smallest absolute Gasteiger partial charge is 0.248 e. The van der Waals surface area contributed by atoms with Gasteiger partial charge in [-0.1, -0.05) is 41.4 Å². The second-order valence-electron chi connectivity index (χ2n) is 4.00. The normalized spacial score (nSPS) is 10.2. The van der Waals surface area contributed by atoms with E-state index in [1.807, 2.05) is 24.3 Å². The number of nitrogens with two attached hydrogens (primary N) is 1. The molecule has 19 heavy (non-hydrogen) atoms. The maximum atomic E-state index is 11.0. The third kappa shape index (κ3) is 3.40. The Morgan fingerprint density at radius 3 is 2.47 bits per heavy atom. The maximum Gasteiger partial charge on any atom is 0.248 e. The summed E-state index contributed by atoms with van der Waals surface area (Å²) in [5, 5.41) is 4.33. The third-order valence-corrected chi connectivity index (χ3v) is 3.36. The standard InChI is InChI=1S/C14H12Cl2N2O/c15-11-3-1-2-4-13(11)18-8-10-6-5-9(14(17)19)7-12(10)16/h1-7,18H,8H2,(H2,17,19). The van der Waals surface area contributed by atoms with E-state index in [-0.39, 0.29) is 0 Å². The lowest BCUT2D eigenvalue weighted by atomic mass is 10.1. The highest BCUT2D eigenvalue weighted by Gasteiger charge is 2.06. The first-order valence-electron chi connectivity index (χ1n) is 5.64. The number of halogens is 2. The molecule has 0 heterocycles. The monoisotopic (exact) mass is 294 g/mol. The number of hydrogen-bond donors (Lipinski definition) is 2. The fraction of sp³-hybridized carbons (Fsp3) is 0.0714. The van der Waals surface area contributed by atoms with E-state index < -0.39 is 5.91 Å². The number of rotatable bonds is 4. The largest absolute Gasteiger partial charge is 0.380 e. The number of carbonyl (C=O) groups is 1. The summed E-state index contributed by atoms with van der Waals surface area (Å²) in [6.45, 7) is 0.515. The number of carbonyl (C=O) groups excluding carboxylic acids is 1. The fourth-order valence-electron chi connectivity index (χ4n) is 1.64. The van der Waals surface area contributed by atoms with E-state index in [9.17, 15) is 4.79 Å². The van der Waals surface area contributed by atoms with Gasteiger partial charge in [0.15, 0.2) is 0 Å². The average Bonchev–Trinajstić information content (AvgIpc) is 2.39. The Kier molecular flexibility index (Phi) is 4.30. The first-order valence-corrected chi connectivity index (χ1v) is 6.40. The molecule has 0 saturated carbocycles. The lowest BCUT2D eigenvalue weighted by molar-refractivity contribution is 0.100. The predicted molar refractivity (Wildman–Crippen MR) is 78.7 cm³/mol. The quantitative estimate of drug-likeness (QED) is 0.903. The van der Waals surface area contributed by atoms with Gasteiger partial charge >= 0.3 is 0 Å². The molecule has 0 bridgehead atoms. The molecule has 0 fully saturated rings. The van der Waals surface area contributed by atoms with Crippen LogP contribution in [0.1, 0.15) is 15.9 Å². The number of amides is 1. The second kappa shape index (κ2) is 5.95.